The Labute approximate surface area is 185 Å². The minimum Gasteiger partial charge on any atom is -0.355 e. The number of piperidine rings is 2. The number of likely N-dealkylation sites (tertiary alicyclic amines) is 2. The van der Waals surface area contributed by atoms with Crippen molar-refractivity contribution in [2.24, 2.45) is 11.8 Å². The fourth-order valence-electron chi connectivity index (χ4n) is 5.29. The minimum absolute atomic E-state index is 0.150. The number of hydrogen-bond donors (Lipinski definition) is 2. The summed E-state index contributed by atoms with van der Waals surface area (Å²) in [6.45, 7) is 7.68. The molecule has 31 heavy (non-hydrogen) atoms. The fraction of sp³-hybridized carbons (Fsp3) is 0.560. The standard InChI is InChI=1S/C25H35N5O/c1-18-12-21(22-6-5-20(13-26)25-23(22)4-3-9-27-25)16-30(15-18)17-24(31)28-14-19-7-10-29(2)11-8-19/h3-6,9,13,18-19,21,26H,7-8,10-12,14-17H2,1-2H3,(H,28,31)/t18-,21+/m1/s1. The van der Waals surface area contributed by atoms with Crippen LogP contribution in [0.4, 0.5) is 0 Å². The van der Waals surface area contributed by atoms with E-state index < -0.39 is 0 Å². The Morgan fingerprint density at radius 1 is 1.26 bits per heavy atom. The molecule has 2 saturated heterocycles. The van der Waals surface area contributed by atoms with E-state index >= 15 is 0 Å². The molecule has 166 valence electrons. The van der Waals surface area contributed by atoms with Gasteiger partial charge in [-0.1, -0.05) is 25.1 Å². The number of hydrogen-bond acceptors (Lipinski definition) is 5. The van der Waals surface area contributed by atoms with Crippen molar-refractivity contribution in [3.05, 3.63) is 41.6 Å². The van der Waals surface area contributed by atoms with Gasteiger partial charge < -0.3 is 15.6 Å². The van der Waals surface area contributed by atoms with Crippen LogP contribution in [0, 0.1) is 17.2 Å². The van der Waals surface area contributed by atoms with Gasteiger partial charge in [0.1, 0.15) is 0 Å². The zero-order chi connectivity index (χ0) is 21.8. The Bertz CT molecular complexity index is 921. The van der Waals surface area contributed by atoms with Crippen LogP contribution in [0.1, 0.15) is 43.2 Å². The topological polar surface area (TPSA) is 72.3 Å². The Balaban J connectivity index is 1.40. The van der Waals surface area contributed by atoms with E-state index in [-0.39, 0.29) is 5.91 Å². The number of pyridine rings is 1. The van der Waals surface area contributed by atoms with Gasteiger partial charge in [-0.25, -0.2) is 0 Å². The Morgan fingerprint density at radius 3 is 2.84 bits per heavy atom. The number of nitrogens with zero attached hydrogens (tertiary/aromatic N) is 3. The molecule has 0 aliphatic carbocycles. The van der Waals surface area contributed by atoms with Crippen molar-refractivity contribution >= 4 is 23.0 Å². The van der Waals surface area contributed by atoms with Crippen LogP contribution >= 0.6 is 0 Å². The van der Waals surface area contributed by atoms with Gasteiger partial charge in [0.15, 0.2) is 0 Å². The van der Waals surface area contributed by atoms with Crippen molar-refractivity contribution in [1.29, 1.82) is 5.41 Å². The van der Waals surface area contributed by atoms with Crippen LogP contribution in [0.5, 0.6) is 0 Å². The van der Waals surface area contributed by atoms with Gasteiger partial charge in [-0.2, -0.15) is 0 Å². The molecule has 1 aromatic carbocycles. The van der Waals surface area contributed by atoms with E-state index in [1.807, 2.05) is 12.1 Å². The summed E-state index contributed by atoms with van der Waals surface area (Å²) in [5.41, 5.74) is 3.04. The molecule has 0 bridgehead atoms. The van der Waals surface area contributed by atoms with E-state index in [0.717, 1.165) is 55.6 Å². The Hall–Kier alpha value is -2.31. The first-order chi connectivity index (χ1) is 15.0. The van der Waals surface area contributed by atoms with Gasteiger partial charge in [-0.15, -0.1) is 0 Å². The molecule has 0 spiro atoms. The number of benzene rings is 1. The maximum atomic E-state index is 12.7. The molecule has 1 aromatic heterocycles. The van der Waals surface area contributed by atoms with Crippen molar-refractivity contribution in [3.63, 3.8) is 0 Å². The van der Waals surface area contributed by atoms with Gasteiger partial charge >= 0.3 is 0 Å². The molecule has 0 radical (unpaired) electrons. The van der Waals surface area contributed by atoms with Crippen LogP contribution in [0.15, 0.2) is 30.5 Å². The minimum atomic E-state index is 0.150. The van der Waals surface area contributed by atoms with E-state index in [1.165, 1.54) is 24.6 Å². The van der Waals surface area contributed by atoms with E-state index in [4.69, 9.17) is 5.41 Å². The van der Waals surface area contributed by atoms with Crippen molar-refractivity contribution < 1.29 is 4.79 Å². The number of rotatable bonds is 6. The zero-order valence-corrected chi connectivity index (χ0v) is 18.8. The molecule has 0 saturated carbocycles. The first-order valence-electron chi connectivity index (χ1n) is 11.6. The third-order valence-corrected chi connectivity index (χ3v) is 6.96. The molecule has 2 fully saturated rings. The third kappa shape index (κ3) is 5.31. The van der Waals surface area contributed by atoms with Gasteiger partial charge in [0, 0.05) is 43.0 Å². The van der Waals surface area contributed by atoms with E-state index in [2.05, 4.69) is 46.2 Å². The van der Waals surface area contributed by atoms with Crippen molar-refractivity contribution in [2.45, 2.75) is 32.1 Å². The van der Waals surface area contributed by atoms with Gasteiger partial charge in [-0.3, -0.25) is 14.7 Å². The van der Waals surface area contributed by atoms with Crippen LogP contribution in [-0.2, 0) is 4.79 Å². The van der Waals surface area contributed by atoms with Crippen LogP contribution in [0.25, 0.3) is 10.9 Å². The number of nitrogens with one attached hydrogen (secondary N) is 2. The molecule has 6 nitrogen and oxygen atoms in total. The highest BCUT2D eigenvalue weighted by atomic mass is 16.2. The molecule has 2 aromatic rings. The molecular weight excluding hydrogens is 386 g/mol. The van der Waals surface area contributed by atoms with Crippen LogP contribution in [0.2, 0.25) is 0 Å². The van der Waals surface area contributed by atoms with Crippen molar-refractivity contribution in [2.75, 3.05) is 46.3 Å². The van der Waals surface area contributed by atoms with E-state index in [1.54, 1.807) is 6.20 Å². The molecule has 2 atom stereocenters. The van der Waals surface area contributed by atoms with E-state index in [9.17, 15) is 4.79 Å². The number of aromatic nitrogens is 1. The summed E-state index contributed by atoms with van der Waals surface area (Å²) in [6.07, 6.45) is 6.63. The summed E-state index contributed by atoms with van der Waals surface area (Å²) in [4.78, 5) is 21.9. The second-order valence-electron chi connectivity index (χ2n) is 9.57. The molecular formula is C25H35N5O. The quantitative estimate of drug-likeness (QED) is 0.703. The maximum absolute atomic E-state index is 12.7. The lowest BCUT2D eigenvalue weighted by Gasteiger charge is -2.37. The average molecular weight is 422 g/mol. The van der Waals surface area contributed by atoms with Crippen LogP contribution in [-0.4, -0.2) is 73.2 Å². The number of carbonyl (C=O) groups is 1. The highest BCUT2D eigenvalue weighted by molar-refractivity contribution is 5.98. The summed E-state index contributed by atoms with van der Waals surface area (Å²) in [5, 5.41) is 12.0. The van der Waals surface area contributed by atoms with E-state index in [0.29, 0.717) is 24.3 Å². The Morgan fingerprint density at radius 2 is 2.06 bits per heavy atom. The Kier molecular flexibility index (Phi) is 6.98. The van der Waals surface area contributed by atoms with Gasteiger partial charge in [0.05, 0.1) is 12.1 Å². The fourth-order valence-corrected chi connectivity index (χ4v) is 5.29. The molecule has 6 heteroatoms. The molecule has 2 aliphatic rings. The molecule has 0 unspecified atom stereocenters. The van der Waals surface area contributed by atoms with Crippen LogP contribution < -0.4 is 5.32 Å². The summed E-state index contributed by atoms with van der Waals surface area (Å²) < 4.78 is 0. The molecule has 2 N–H and O–H groups in total. The molecule has 4 rings (SSSR count). The number of carbonyl (C=O) groups excluding carboxylic acids is 1. The lowest BCUT2D eigenvalue weighted by molar-refractivity contribution is -0.123. The van der Waals surface area contributed by atoms with Crippen molar-refractivity contribution in [1.82, 2.24) is 20.1 Å². The number of fused-ring (bicyclic) bond motifs is 1. The van der Waals surface area contributed by atoms with Crippen LogP contribution in [0.3, 0.4) is 0 Å². The smallest absolute Gasteiger partial charge is 0.234 e. The lowest BCUT2D eigenvalue weighted by atomic mass is 9.83. The monoisotopic (exact) mass is 421 g/mol. The maximum Gasteiger partial charge on any atom is 0.234 e. The van der Waals surface area contributed by atoms with Gasteiger partial charge in [0.25, 0.3) is 0 Å². The highest BCUT2D eigenvalue weighted by Crippen LogP contribution is 2.34. The van der Waals surface area contributed by atoms with Crippen molar-refractivity contribution in [3.8, 4) is 0 Å². The zero-order valence-electron chi connectivity index (χ0n) is 18.8. The first-order valence-corrected chi connectivity index (χ1v) is 11.6. The van der Waals surface area contributed by atoms with Gasteiger partial charge in [0.2, 0.25) is 5.91 Å². The molecule has 2 aliphatic heterocycles. The molecule has 1 amide bonds. The normalized spacial score (nSPS) is 23.7. The lowest BCUT2D eigenvalue weighted by Crippen LogP contribution is -2.45. The summed E-state index contributed by atoms with van der Waals surface area (Å²) in [6, 6.07) is 8.25. The third-order valence-electron chi connectivity index (χ3n) is 6.96. The summed E-state index contributed by atoms with van der Waals surface area (Å²) >= 11 is 0. The summed E-state index contributed by atoms with van der Waals surface area (Å²) in [7, 11) is 2.17. The highest BCUT2D eigenvalue weighted by Gasteiger charge is 2.28. The summed E-state index contributed by atoms with van der Waals surface area (Å²) in [5.74, 6) is 1.67. The predicted molar refractivity (Wildman–Crippen MR) is 126 cm³/mol. The average Bonchev–Trinajstić information content (AvgIpc) is 2.77. The molecule has 3 heterocycles. The first kappa shape index (κ1) is 21.9. The van der Waals surface area contributed by atoms with Gasteiger partial charge in [-0.05, 0) is 68.8 Å². The second-order valence-corrected chi connectivity index (χ2v) is 9.57. The largest absolute Gasteiger partial charge is 0.355 e. The predicted octanol–water partition coefficient (Wildman–Crippen LogP) is 3.12. The number of amides is 1. The SMILES string of the molecule is C[C@@H]1C[C@H](c2ccc(C=N)c3ncccc23)CN(CC(=O)NCC2CCN(C)CC2)C1. The second kappa shape index (κ2) is 9.88.